The van der Waals surface area contributed by atoms with Gasteiger partial charge in [0.2, 0.25) is 0 Å². The van der Waals surface area contributed by atoms with E-state index in [4.69, 9.17) is 4.74 Å². The van der Waals surface area contributed by atoms with Gasteiger partial charge in [-0.05, 0) is 93.1 Å². The van der Waals surface area contributed by atoms with E-state index in [1.165, 1.54) is 67.2 Å². The first-order valence-corrected chi connectivity index (χ1v) is 13.5. The SMILES string of the molecule is CCCCC1(CCCC)c2cc(OC)ccc2-c2ccc(C(=O)C(C)(C)N3CCCCC3)cc21. The van der Waals surface area contributed by atoms with Crippen LogP contribution >= 0.6 is 0 Å². The molecule has 184 valence electrons. The lowest BCUT2D eigenvalue weighted by atomic mass is 9.70. The second-order valence-corrected chi connectivity index (χ2v) is 10.9. The van der Waals surface area contributed by atoms with Crippen molar-refractivity contribution in [1.82, 2.24) is 4.90 Å². The minimum Gasteiger partial charge on any atom is -0.497 e. The second kappa shape index (κ2) is 10.2. The minimum absolute atomic E-state index is 0.0449. The Morgan fingerprint density at radius 1 is 0.912 bits per heavy atom. The summed E-state index contributed by atoms with van der Waals surface area (Å²) in [6, 6.07) is 13.1. The lowest BCUT2D eigenvalue weighted by Gasteiger charge is -2.40. The average molecular weight is 462 g/mol. The van der Waals surface area contributed by atoms with Gasteiger partial charge in [-0.2, -0.15) is 0 Å². The van der Waals surface area contributed by atoms with E-state index in [9.17, 15) is 4.79 Å². The van der Waals surface area contributed by atoms with Crippen molar-refractivity contribution in [1.29, 1.82) is 0 Å². The Morgan fingerprint density at radius 2 is 1.50 bits per heavy atom. The number of piperidine rings is 1. The number of ether oxygens (including phenoxy) is 1. The Bertz CT molecular complexity index is 1010. The highest BCUT2D eigenvalue weighted by Crippen LogP contribution is 2.55. The lowest BCUT2D eigenvalue weighted by molar-refractivity contribution is 0.0579. The molecule has 0 atom stereocenters. The van der Waals surface area contributed by atoms with Gasteiger partial charge in [0.05, 0.1) is 12.6 Å². The zero-order chi connectivity index (χ0) is 24.3. The van der Waals surface area contributed by atoms with Gasteiger partial charge in [-0.25, -0.2) is 0 Å². The Hall–Kier alpha value is -2.13. The first-order chi connectivity index (χ1) is 16.4. The number of rotatable bonds is 10. The molecule has 2 aromatic rings. The average Bonchev–Trinajstić information content (AvgIpc) is 3.14. The van der Waals surface area contributed by atoms with E-state index in [2.05, 4.69) is 69.0 Å². The maximum Gasteiger partial charge on any atom is 0.182 e. The van der Waals surface area contributed by atoms with E-state index >= 15 is 0 Å². The number of ketones is 1. The summed E-state index contributed by atoms with van der Waals surface area (Å²) in [5.41, 5.74) is 5.72. The fourth-order valence-electron chi connectivity index (χ4n) is 6.31. The zero-order valence-electron chi connectivity index (χ0n) is 22.0. The number of Topliss-reactive ketones (excluding diaryl/α,β-unsaturated/α-hetero) is 1. The van der Waals surface area contributed by atoms with Crippen LogP contribution in [0.15, 0.2) is 36.4 Å². The van der Waals surface area contributed by atoms with E-state index < -0.39 is 5.54 Å². The number of unbranched alkanes of at least 4 members (excludes halogenated alkanes) is 2. The van der Waals surface area contributed by atoms with Crippen molar-refractivity contribution in [3.63, 3.8) is 0 Å². The number of hydrogen-bond donors (Lipinski definition) is 0. The van der Waals surface area contributed by atoms with Crippen LogP contribution in [0.25, 0.3) is 11.1 Å². The summed E-state index contributed by atoms with van der Waals surface area (Å²) >= 11 is 0. The maximum atomic E-state index is 13.9. The molecular weight excluding hydrogens is 418 g/mol. The van der Waals surface area contributed by atoms with Crippen LogP contribution < -0.4 is 4.74 Å². The number of carbonyl (C=O) groups is 1. The van der Waals surface area contributed by atoms with Gasteiger partial charge in [0.15, 0.2) is 5.78 Å². The van der Waals surface area contributed by atoms with Gasteiger partial charge in [0.25, 0.3) is 0 Å². The Morgan fingerprint density at radius 3 is 2.09 bits per heavy atom. The number of benzene rings is 2. The fourth-order valence-corrected chi connectivity index (χ4v) is 6.31. The Labute approximate surface area is 206 Å². The summed E-state index contributed by atoms with van der Waals surface area (Å²) < 4.78 is 5.65. The third-order valence-electron chi connectivity index (χ3n) is 8.45. The van der Waals surface area contributed by atoms with Gasteiger partial charge < -0.3 is 4.74 Å². The van der Waals surface area contributed by atoms with Crippen molar-refractivity contribution >= 4 is 5.78 Å². The van der Waals surface area contributed by atoms with E-state index in [-0.39, 0.29) is 11.2 Å². The molecule has 1 aliphatic carbocycles. The third kappa shape index (κ3) is 4.33. The van der Waals surface area contributed by atoms with E-state index in [0.717, 1.165) is 37.2 Å². The molecule has 34 heavy (non-hydrogen) atoms. The standard InChI is InChI=1S/C31H43NO2/c1-6-8-17-31(18-9-7-2)27-21-23(29(33)30(3,4)32-19-11-10-12-20-32)13-15-25(27)26-16-14-24(34-5)22-28(26)31/h13-16,21-22H,6-12,17-20H2,1-5H3. The molecule has 3 heteroatoms. The highest BCUT2D eigenvalue weighted by molar-refractivity contribution is 6.03. The Kier molecular flexibility index (Phi) is 7.52. The molecule has 4 rings (SSSR count). The molecule has 0 unspecified atom stereocenters. The fraction of sp³-hybridized carbons (Fsp3) is 0.581. The summed E-state index contributed by atoms with van der Waals surface area (Å²) in [5.74, 6) is 1.18. The monoisotopic (exact) mass is 461 g/mol. The van der Waals surface area contributed by atoms with Crippen molar-refractivity contribution in [2.45, 2.75) is 96.4 Å². The predicted octanol–water partition coefficient (Wildman–Crippen LogP) is 7.79. The zero-order valence-corrected chi connectivity index (χ0v) is 22.0. The number of nitrogens with zero attached hydrogens (tertiary/aromatic N) is 1. The smallest absolute Gasteiger partial charge is 0.182 e. The topological polar surface area (TPSA) is 29.5 Å². The van der Waals surface area contributed by atoms with E-state index in [1.54, 1.807) is 7.11 Å². The van der Waals surface area contributed by atoms with Gasteiger partial charge in [-0.15, -0.1) is 0 Å². The molecule has 0 bridgehead atoms. The molecule has 0 radical (unpaired) electrons. The van der Waals surface area contributed by atoms with Gasteiger partial charge in [-0.3, -0.25) is 9.69 Å². The third-order valence-corrected chi connectivity index (χ3v) is 8.45. The molecular formula is C31H43NO2. The number of fused-ring (bicyclic) bond motifs is 3. The first-order valence-electron chi connectivity index (χ1n) is 13.5. The van der Waals surface area contributed by atoms with Gasteiger partial charge in [-0.1, -0.05) is 64.2 Å². The molecule has 0 saturated carbocycles. The molecule has 1 saturated heterocycles. The largest absolute Gasteiger partial charge is 0.497 e. The molecule has 2 aliphatic rings. The van der Waals surface area contributed by atoms with Crippen LogP contribution in [-0.2, 0) is 5.41 Å². The number of methoxy groups -OCH3 is 1. The summed E-state index contributed by atoms with van der Waals surface area (Å²) in [6.45, 7) is 10.8. The number of hydrogen-bond acceptors (Lipinski definition) is 3. The highest BCUT2D eigenvalue weighted by atomic mass is 16.5. The molecule has 0 amide bonds. The lowest BCUT2D eigenvalue weighted by Crippen LogP contribution is -2.52. The van der Waals surface area contributed by atoms with Crippen LogP contribution in [-0.4, -0.2) is 36.4 Å². The quantitative estimate of drug-likeness (QED) is 0.338. The molecule has 3 nitrogen and oxygen atoms in total. The maximum absolute atomic E-state index is 13.9. The van der Waals surface area contributed by atoms with Gasteiger partial charge >= 0.3 is 0 Å². The molecule has 1 heterocycles. The van der Waals surface area contributed by atoms with Crippen molar-refractivity contribution in [3.8, 4) is 16.9 Å². The molecule has 2 aromatic carbocycles. The van der Waals surface area contributed by atoms with Crippen molar-refractivity contribution < 1.29 is 9.53 Å². The van der Waals surface area contributed by atoms with Crippen LogP contribution in [0.4, 0.5) is 0 Å². The normalized spacial score (nSPS) is 17.3. The Balaban J connectivity index is 1.81. The van der Waals surface area contributed by atoms with Gasteiger partial charge in [0, 0.05) is 11.0 Å². The number of likely N-dealkylation sites (tertiary alicyclic amines) is 1. The van der Waals surface area contributed by atoms with Crippen LogP contribution in [0.2, 0.25) is 0 Å². The van der Waals surface area contributed by atoms with Crippen molar-refractivity contribution in [2.24, 2.45) is 0 Å². The van der Waals surface area contributed by atoms with E-state index in [0.29, 0.717) is 0 Å². The highest BCUT2D eigenvalue weighted by Gasteiger charge is 2.44. The summed E-state index contributed by atoms with van der Waals surface area (Å²) in [6.07, 6.45) is 10.6. The van der Waals surface area contributed by atoms with Gasteiger partial charge in [0.1, 0.15) is 5.75 Å². The summed E-state index contributed by atoms with van der Waals surface area (Å²) in [5, 5.41) is 0. The molecule has 1 fully saturated rings. The van der Waals surface area contributed by atoms with Crippen LogP contribution in [0.1, 0.15) is 107 Å². The second-order valence-electron chi connectivity index (χ2n) is 10.9. The summed E-state index contributed by atoms with van der Waals surface area (Å²) in [7, 11) is 1.75. The van der Waals surface area contributed by atoms with E-state index in [1.807, 2.05) is 0 Å². The molecule has 1 aliphatic heterocycles. The van der Waals surface area contributed by atoms with Crippen LogP contribution in [0, 0.1) is 0 Å². The van der Waals surface area contributed by atoms with Crippen LogP contribution in [0.5, 0.6) is 5.75 Å². The predicted molar refractivity (Wildman–Crippen MR) is 142 cm³/mol. The van der Waals surface area contributed by atoms with Crippen molar-refractivity contribution in [3.05, 3.63) is 53.1 Å². The minimum atomic E-state index is -0.473. The molecule has 0 N–H and O–H groups in total. The molecule has 0 aromatic heterocycles. The van der Waals surface area contributed by atoms with Crippen LogP contribution in [0.3, 0.4) is 0 Å². The van der Waals surface area contributed by atoms with Crippen molar-refractivity contribution in [2.75, 3.05) is 20.2 Å². The summed E-state index contributed by atoms with van der Waals surface area (Å²) in [4.78, 5) is 16.3. The number of carbonyl (C=O) groups excluding carboxylic acids is 1. The first kappa shape index (κ1) is 25.0. The molecule has 0 spiro atoms.